The van der Waals surface area contributed by atoms with Gasteiger partial charge in [-0.1, -0.05) is 6.92 Å². The van der Waals surface area contributed by atoms with Gasteiger partial charge in [0, 0.05) is 31.5 Å². The molecule has 21 heavy (non-hydrogen) atoms. The maximum Gasteiger partial charge on any atom is 0.407 e. The Bertz CT molecular complexity index is 455. The molecule has 1 aromatic rings. The standard InChI is InChI=1S/C16H27N3O2/c1-6-14(19-15(20)21-16(3,4)5)11-18-10-13-9-17-8-7-12(13)2/h7-9,14,18H,6,10-11H2,1-5H3,(H,19,20). The first-order valence-electron chi connectivity index (χ1n) is 7.41. The van der Waals surface area contributed by atoms with Crippen LogP contribution in [0.5, 0.6) is 0 Å². The van der Waals surface area contributed by atoms with E-state index in [2.05, 4.69) is 22.5 Å². The van der Waals surface area contributed by atoms with Crippen molar-refractivity contribution in [3.05, 3.63) is 29.6 Å². The summed E-state index contributed by atoms with van der Waals surface area (Å²) in [4.78, 5) is 15.9. The minimum absolute atomic E-state index is 0.0526. The van der Waals surface area contributed by atoms with Crippen molar-refractivity contribution in [3.8, 4) is 0 Å². The van der Waals surface area contributed by atoms with Crippen LogP contribution in [0.4, 0.5) is 4.79 Å². The van der Waals surface area contributed by atoms with Gasteiger partial charge in [0.1, 0.15) is 5.60 Å². The molecule has 1 heterocycles. The molecule has 0 saturated heterocycles. The van der Waals surface area contributed by atoms with E-state index in [0.717, 1.165) is 13.0 Å². The highest BCUT2D eigenvalue weighted by Gasteiger charge is 2.18. The summed E-state index contributed by atoms with van der Waals surface area (Å²) in [5.41, 5.74) is 1.91. The van der Waals surface area contributed by atoms with E-state index in [4.69, 9.17) is 4.74 Å². The number of nitrogens with zero attached hydrogens (tertiary/aromatic N) is 1. The van der Waals surface area contributed by atoms with Crippen LogP contribution in [0.25, 0.3) is 0 Å². The van der Waals surface area contributed by atoms with Gasteiger partial charge >= 0.3 is 6.09 Å². The molecule has 0 aliphatic carbocycles. The van der Waals surface area contributed by atoms with Gasteiger partial charge in [-0.15, -0.1) is 0 Å². The summed E-state index contributed by atoms with van der Waals surface area (Å²) in [5.74, 6) is 0. The Morgan fingerprint density at radius 3 is 2.71 bits per heavy atom. The number of aromatic nitrogens is 1. The van der Waals surface area contributed by atoms with Crippen LogP contribution < -0.4 is 10.6 Å². The molecule has 1 amide bonds. The fraction of sp³-hybridized carbons (Fsp3) is 0.625. The fourth-order valence-electron chi connectivity index (χ4n) is 1.83. The maximum atomic E-state index is 11.7. The Morgan fingerprint density at radius 1 is 1.43 bits per heavy atom. The van der Waals surface area contributed by atoms with Crippen molar-refractivity contribution in [2.75, 3.05) is 6.54 Å². The molecule has 0 fully saturated rings. The van der Waals surface area contributed by atoms with Crippen molar-refractivity contribution < 1.29 is 9.53 Å². The summed E-state index contributed by atoms with van der Waals surface area (Å²) in [5, 5.41) is 6.24. The van der Waals surface area contributed by atoms with Gasteiger partial charge in [-0.2, -0.15) is 0 Å². The molecule has 1 aromatic heterocycles. The van der Waals surface area contributed by atoms with Crippen LogP contribution in [0.3, 0.4) is 0 Å². The molecule has 2 N–H and O–H groups in total. The average Bonchev–Trinajstić information content (AvgIpc) is 2.37. The van der Waals surface area contributed by atoms with Gasteiger partial charge < -0.3 is 15.4 Å². The summed E-state index contributed by atoms with van der Waals surface area (Å²) in [6, 6.07) is 2.05. The molecule has 0 saturated carbocycles. The predicted molar refractivity (Wildman–Crippen MR) is 84.1 cm³/mol. The molecule has 1 unspecified atom stereocenters. The van der Waals surface area contributed by atoms with Gasteiger partial charge in [-0.05, 0) is 51.3 Å². The number of carbonyl (C=O) groups is 1. The SMILES string of the molecule is CCC(CNCc1cnccc1C)NC(=O)OC(C)(C)C. The average molecular weight is 293 g/mol. The Labute approximate surface area is 127 Å². The summed E-state index contributed by atoms with van der Waals surface area (Å²) >= 11 is 0. The van der Waals surface area contributed by atoms with E-state index in [0.29, 0.717) is 6.54 Å². The van der Waals surface area contributed by atoms with Gasteiger partial charge in [0.25, 0.3) is 0 Å². The molecule has 118 valence electrons. The van der Waals surface area contributed by atoms with Gasteiger partial charge in [-0.3, -0.25) is 4.98 Å². The van der Waals surface area contributed by atoms with Crippen LogP contribution >= 0.6 is 0 Å². The van der Waals surface area contributed by atoms with Crippen LogP contribution in [0.15, 0.2) is 18.5 Å². The van der Waals surface area contributed by atoms with E-state index in [9.17, 15) is 4.79 Å². The topological polar surface area (TPSA) is 63.2 Å². The number of amides is 1. The second-order valence-electron chi connectivity index (χ2n) is 6.18. The molecule has 0 aliphatic rings. The highest BCUT2D eigenvalue weighted by Crippen LogP contribution is 2.07. The Balaban J connectivity index is 2.38. The Morgan fingerprint density at radius 2 is 2.14 bits per heavy atom. The number of alkyl carbamates (subject to hydrolysis) is 1. The number of hydrogen-bond acceptors (Lipinski definition) is 4. The molecule has 5 nitrogen and oxygen atoms in total. The molecular weight excluding hydrogens is 266 g/mol. The number of rotatable bonds is 6. The Kier molecular flexibility index (Phi) is 6.62. The number of ether oxygens (including phenoxy) is 1. The highest BCUT2D eigenvalue weighted by molar-refractivity contribution is 5.68. The van der Waals surface area contributed by atoms with Gasteiger partial charge in [0.2, 0.25) is 0 Å². The third kappa shape index (κ3) is 7.09. The largest absolute Gasteiger partial charge is 0.444 e. The second-order valence-corrected chi connectivity index (χ2v) is 6.18. The van der Waals surface area contributed by atoms with Crippen molar-refractivity contribution in [1.82, 2.24) is 15.6 Å². The third-order valence-electron chi connectivity index (χ3n) is 3.07. The first kappa shape index (κ1) is 17.4. The van der Waals surface area contributed by atoms with E-state index in [-0.39, 0.29) is 12.1 Å². The van der Waals surface area contributed by atoms with Crippen LogP contribution in [-0.4, -0.2) is 29.3 Å². The van der Waals surface area contributed by atoms with E-state index < -0.39 is 5.60 Å². The molecule has 1 atom stereocenters. The van der Waals surface area contributed by atoms with Crippen molar-refractivity contribution in [2.24, 2.45) is 0 Å². The molecule has 1 rings (SSSR count). The zero-order chi connectivity index (χ0) is 15.9. The lowest BCUT2D eigenvalue weighted by Crippen LogP contribution is -2.43. The molecule has 0 bridgehead atoms. The fourth-order valence-corrected chi connectivity index (χ4v) is 1.83. The third-order valence-corrected chi connectivity index (χ3v) is 3.07. The smallest absolute Gasteiger partial charge is 0.407 e. The summed E-state index contributed by atoms with van der Waals surface area (Å²) in [6.07, 6.45) is 4.13. The zero-order valence-corrected chi connectivity index (χ0v) is 13.7. The van der Waals surface area contributed by atoms with Crippen molar-refractivity contribution in [2.45, 2.75) is 59.2 Å². The quantitative estimate of drug-likeness (QED) is 0.846. The lowest BCUT2D eigenvalue weighted by molar-refractivity contribution is 0.0502. The molecule has 0 aliphatic heterocycles. The maximum absolute atomic E-state index is 11.7. The minimum atomic E-state index is -0.470. The van der Waals surface area contributed by atoms with Gasteiger partial charge in [0.05, 0.1) is 0 Å². The monoisotopic (exact) mass is 293 g/mol. The second kappa shape index (κ2) is 7.98. The number of carbonyl (C=O) groups excluding carboxylic acids is 1. The van der Waals surface area contributed by atoms with Gasteiger partial charge in [0.15, 0.2) is 0 Å². The molecule has 0 aromatic carbocycles. The van der Waals surface area contributed by atoms with Crippen molar-refractivity contribution >= 4 is 6.09 Å². The molecule has 5 heteroatoms. The highest BCUT2D eigenvalue weighted by atomic mass is 16.6. The van der Waals surface area contributed by atoms with E-state index in [1.165, 1.54) is 11.1 Å². The Hall–Kier alpha value is -1.62. The van der Waals surface area contributed by atoms with E-state index in [1.54, 1.807) is 6.20 Å². The summed E-state index contributed by atoms with van der Waals surface area (Å²) < 4.78 is 5.27. The summed E-state index contributed by atoms with van der Waals surface area (Å²) in [6.45, 7) is 11.1. The van der Waals surface area contributed by atoms with Crippen LogP contribution in [0.2, 0.25) is 0 Å². The molecule has 0 spiro atoms. The van der Waals surface area contributed by atoms with E-state index >= 15 is 0 Å². The number of pyridine rings is 1. The number of nitrogens with one attached hydrogen (secondary N) is 2. The van der Waals surface area contributed by atoms with Crippen molar-refractivity contribution in [1.29, 1.82) is 0 Å². The lowest BCUT2D eigenvalue weighted by Gasteiger charge is -2.23. The van der Waals surface area contributed by atoms with E-state index in [1.807, 2.05) is 40.0 Å². The lowest BCUT2D eigenvalue weighted by atomic mass is 10.1. The van der Waals surface area contributed by atoms with Crippen molar-refractivity contribution in [3.63, 3.8) is 0 Å². The minimum Gasteiger partial charge on any atom is -0.444 e. The molecule has 0 radical (unpaired) electrons. The number of hydrogen-bond donors (Lipinski definition) is 2. The zero-order valence-electron chi connectivity index (χ0n) is 13.7. The summed E-state index contributed by atoms with van der Waals surface area (Å²) in [7, 11) is 0. The predicted octanol–water partition coefficient (Wildman–Crippen LogP) is 2.78. The first-order chi connectivity index (χ1) is 9.81. The number of aryl methyl sites for hydroxylation is 1. The van der Waals surface area contributed by atoms with Crippen LogP contribution in [-0.2, 0) is 11.3 Å². The van der Waals surface area contributed by atoms with Crippen LogP contribution in [0.1, 0.15) is 45.2 Å². The normalized spacial score (nSPS) is 12.8. The van der Waals surface area contributed by atoms with Crippen LogP contribution in [0, 0.1) is 6.92 Å². The molecular formula is C16H27N3O2. The first-order valence-corrected chi connectivity index (χ1v) is 7.41. The van der Waals surface area contributed by atoms with Gasteiger partial charge in [-0.25, -0.2) is 4.79 Å².